The van der Waals surface area contributed by atoms with Crippen LogP contribution in [-0.4, -0.2) is 0 Å². The number of pyridine rings is 1. The summed E-state index contributed by atoms with van der Waals surface area (Å²) in [4.78, 5) is 0. The van der Waals surface area contributed by atoms with E-state index in [-0.39, 0.29) is 4.57 Å². The summed E-state index contributed by atoms with van der Waals surface area (Å²) in [6.45, 7) is -6.89. The van der Waals surface area contributed by atoms with Crippen molar-refractivity contribution in [2.24, 2.45) is 0 Å². The van der Waals surface area contributed by atoms with Crippen molar-refractivity contribution in [1.29, 1.82) is 0 Å². The van der Waals surface area contributed by atoms with Crippen molar-refractivity contribution in [3.05, 3.63) is 30.5 Å². The third-order valence-electron chi connectivity index (χ3n) is 0.684. The maximum absolute atomic E-state index is 7.88. The van der Waals surface area contributed by atoms with E-state index in [0.717, 1.165) is 0 Å². The molecule has 0 spiro atoms. The molecular formula is C8H12N+. The number of hydrogen-bond donors (Lipinski definition) is 0. The molecule has 0 amide bonds. The van der Waals surface area contributed by atoms with Crippen LogP contribution in [0.25, 0.3) is 0 Å². The van der Waals surface area contributed by atoms with Gasteiger partial charge in [-0.25, -0.2) is 4.57 Å². The first-order valence-electron chi connectivity index (χ1n) is 8.17. The lowest BCUT2D eigenvalue weighted by molar-refractivity contribution is -0.716. The first-order chi connectivity index (χ1) is 9.18. The highest BCUT2D eigenvalue weighted by Crippen LogP contribution is 1.88. The molecule has 0 bridgehead atoms. The summed E-state index contributed by atoms with van der Waals surface area (Å²) in [6.07, 6.45) is -2.16. The molecule has 1 heteroatoms. The topological polar surface area (TPSA) is 3.88 Å². The van der Waals surface area contributed by atoms with Crippen molar-refractivity contribution in [2.45, 2.75) is 19.7 Å². The molecule has 0 aliphatic heterocycles. The first-order valence-corrected chi connectivity index (χ1v) is 2.17. The summed E-state index contributed by atoms with van der Waals surface area (Å²) >= 11 is 0. The normalized spacial score (nSPS) is 33.3. The second-order valence-electron chi connectivity index (χ2n) is 1.28. The number of aromatic nitrogens is 1. The number of hydrogen-bond acceptors (Lipinski definition) is 0. The largest absolute Gasteiger partial charge is 0.203 e. The molecule has 0 radical (unpaired) electrons. The second-order valence-corrected chi connectivity index (χ2v) is 1.28. The zero-order valence-corrected chi connectivity index (χ0v) is 4.45. The summed E-state index contributed by atoms with van der Waals surface area (Å²) in [6, 6.07) is -6.05. The Morgan fingerprint density at radius 2 is 2.11 bits per heavy atom. The summed E-state index contributed by atoms with van der Waals surface area (Å²) in [5.74, 6) is 0. The molecule has 1 heterocycles. The fourth-order valence-corrected chi connectivity index (χ4v) is 0.339. The van der Waals surface area contributed by atoms with Gasteiger partial charge in [-0.15, -0.1) is 0 Å². The summed E-state index contributed by atoms with van der Waals surface area (Å²) in [5, 5.41) is 0. The van der Waals surface area contributed by atoms with Crippen LogP contribution < -0.4 is 4.57 Å². The molecule has 0 N–H and O–H groups in total. The third kappa shape index (κ3) is 1.53. The van der Waals surface area contributed by atoms with Crippen molar-refractivity contribution in [1.82, 2.24) is 0 Å². The van der Waals surface area contributed by atoms with Gasteiger partial charge in [0.25, 0.3) is 0 Å². The molecule has 0 saturated heterocycles. The first kappa shape index (κ1) is 1.03. The second kappa shape index (κ2) is 2.62. The van der Waals surface area contributed by atoms with Gasteiger partial charge in [0.05, 0.1) is 4.11 Å². The van der Waals surface area contributed by atoms with Gasteiger partial charge in [-0.3, -0.25) is 0 Å². The smallest absolute Gasteiger partial charge is 0.169 e. The van der Waals surface area contributed by atoms with Gasteiger partial charge in [0.1, 0.15) is 4.11 Å². The summed E-state index contributed by atoms with van der Waals surface area (Å²) < 4.78 is 89.2. The van der Waals surface area contributed by atoms with Crippen molar-refractivity contribution >= 4 is 0 Å². The Morgan fingerprint density at radius 1 is 1.44 bits per heavy atom. The van der Waals surface area contributed by atoms with Gasteiger partial charge >= 0.3 is 0 Å². The quantitative estimate of drug-likeness (QED) is 0.513. The maximum atomic E-state index is 7.88. The van der Waals surface area contributed by atoms with E-state index in [1.165, 1.54) is 0 Å². The predicted molar refractivity (Wildman–Crippen MR) is 37.0 cm³/mol. The molecular weight excluding hydrogens is 110 g/mol. The number of rotatable bonds is 1. The Morgan fingerprint density at radius 3 is 2.67 bits per heavy atom. The highest BCUT2D eigenvalue weighted by atomic mass is 15.0. The van der Waals surface area contributed by atoms with E-state index in [4.69, 9.17) is 16.4 Å². The van der Waals surface area contributed by atoms with Crippen LogP contribution in [0.15, 0.2) is 30.5 Å². The Labute approximate surface area is 72.8 Å². The SMILES string of the molecule is [2H]c1c([2H])c([2H])[n+](C([2H])(C([2H])([2H])[2H])C([2H])([2H])[2H])c([2H])c1[2H]. The highest BCUT2D eigenvalue weighted by molar-refractivity contribution is 4.83. The summed E-state index contributed by atoms with van der Waals surface area (Å²) in [7, 11) is 0. The fraction of sp³-hybridized carbons (Fsp3) is 0.375. The van der Waals surface area contributed by atoms with Crippen LogP contribution in [0.1, 0.15) is 36.2 Å². The van der Waals surface area contributed by atoms with Gasteiger partial charge < -0.3 is 0 Å². The van der Waals surface area contributed by atoms with E-state index in [9.17, 15) is 0 Å². The average molecular weight is 134 g/mol. The van der Waals surface area contributed by atoms with Gasteiger partial charge in [-0.1, -0.05) is 6.04 Å². The van der Waals surface area contributed by atoms with E-state index >= 15 is 0 Å². The molecule has 9 heavy (non-hydrogen) atoms. The minimum atomic E-state index is -3.45. The molecule has 0 fully saturated rings. The predicted octanol–water partition coefficient (Wildman–Crippen LogP) is 1.55. The third-order valence-corrected chi connectivity index (χ3v) is 0.684. The number of nitrogens with zero attached hydrogens (tertiary/aromatic N) is 1. The van der Waals surface area contributed by atoms with Crippen molar-refractivity contribution < 1.29 is 21.0 Å². The van der Waals surface area contributed by atoms with Crippen LogP contribution in [0.4, 0.5) is 0 Å². The lowest BCUT2D eigenvalue weighted by atomic mass is 10.3. The molecule has 0 atom stereocenters. The summed E-state index contributed by atoms with van der Waals surface area (Å²) in [5.41, 5.74) is 0. The van der Waals surface area contributed by atoms with Crippen LogP contribution in [0, 0.1) is 0 Å². The van der Waals surface area contributed by atoms with E-state index in [1.54, 1.807) is 0 Å². The molecule has 0 aliphatic rings. The average Bonchev–Trinajstić information content (AvgIpc) is 2.31. The Kier molecular flexibility index (Phi) is 0.299. The van der Waals surface area contributed by atoms with Crippen LogP contribution in [0.5, 0.6) is 0 Å². The Hall–Kier alpha value is -0.850. The van der Waals surface area contributed by atoms with E-state index in [2.05, 4.69) is 0 Å². The minimum Gasteiger partial charge on any atom is -0.203 e. The van der Waals surface area contributed by atoms with Crippen molar-refractivity contribution in [3.63, 3.8) is 0 Å². The molecule has 0 aliphatic carbocycles. The monoisotopic (exact) mass is 134 g/mol. The van der Waals surface area contributed by atoms with Gasteiger partial charge in [0.15, 0.2) is 18.4 Å². The van der Waals surface area contributed by atoms with Crippen LogP contribution in [-0.2, 0) is 0 Å². The van der Waals surface area contributed by atoms with Crippen molar-refractivity contribution in [3.8, 4) is 0 Å². The van der Waals surface area contributed by atoms with Gasteiger partial charge in [-0.2, -0.15) is 0 Å². The molecule has 1 aromatic heterocycles. The Balaban J connectivity index is 3.96. The van der Waals surface area contributed by atoms with E-state index in [1.807, 2.05) is 0 Å². The molecule has 1 rings (SSSR count). The zero-order chi connectivity index (χ0) is 17.0. The standard InChI is InChI=1S/C8H12N/c1-8(2)9-6-4-3-5-7-9/h3-8H,1-2H3/q+1/i1D3,2D3,3D,4D,5D,6D,7D,8D. The highest BCUT2D eigenvalue weighted by Gasteiger charge is 2.00. The van der Waals surface area contributed by atoms with Crippen molar-refractivity contribution in [2.75, 3.05) is 0 Å². The lowest BCUT2D eigenvalue weighted by Gasteiger charge is -1.96. The Bertz CT molecular complexity index is 527. The van der Waals surface area contributed by atoms with Crippen LogP contribution in [0.2, 0.25) is 0 Å². The van der Waals surface area contributed by atoms with Crippen LogP contribution >= 0.6 is 0 Å². The molecule has 1 nitrogen and oxygen atoms in total. The molecule has 0 aromatic carbocycles. The lowest BCUT2D eigenvalue weighted by Crippen LogP contribution is -2.34. The molecule has 48 valence electrons. The van der Waals surface area contributed by atoms with Crippen LogP contribution in [0.3, 0.4) is 0 Å². The minimum absolute atomic E-state index is 0.00426. The fourth-order valence-electron chi connectivity index (χ4n) is 0.339. The van der Waals surface area contributed by atoms with E-state index < -0.39 is 50.2 Å². The molecule has 0 saturated carbocycles. The van der Waals surface area contributed by atoms with Gasteiger partial charge in [0, 0.05) is 20.3 Å². The zero-order valence-electron chi connectivity index (χ0n) is 16.4. The molecule has 1 aromatic rings. The van der Waals surface area contributed by atoms with E-state index in [0.29, 0.717) is 0 Å². The molecule has 0 unspecified atom stereocenters. The van der Waals surface area contributed by atoms with Gasteiger partial charge in [0.2, 0.25) is 0 Å². The maximum Gasteiger partial charge on any atom is 0.169 e. The van der Waals surface area contributed by atoms with Gasteiger partial charge in [-0.05, 0) is 13.7 Å².